The van der Waals surface area contributed by atoms with Gasteiger partial charge in [0.2, 0.25) is 0 Å². The maximum absolute atomic E-state index is 12.3. The molecule has 0 saturated heterocycles. The van der Waals surface area contributed by atoms with E-state index in [1.807, 2.05) is 25.4 Å². The zero-order chi connectivity index (χ0) is 17.2. The lowest BCUT2D eigenvalue weighted by molar-refractivity contribution is 0.0991. The van der Waals surface area contributed by atoms with Crippen molar-refractivity contribution in [3.8, 4) is 10.4 Å². The van der Waals surface area contributed by atoms with Gasteiger partial charge in [0.15, 0.2) is 5.78 Å². The van der Waals surface area contributed by atoms with Crippen molar-refractivity contribution in [3.05, 3.63) is 71.5 Å². The summed E-state index contributed by atoms with van der Waals surface area (Å²) in [5, 5.41) is 1.99. The van der Waals surface area contributed by atoms with Crippen molar-refractivity contribution in [2.24, 2.45) is 0 Å². The average molecular weight is 346 g/mol. The Bertz CT molecular complexity index is 1060. The van der Waals surface area contributed by atoms with Gasteiger partial charge in [-0.1, -0.05) is 0 Å². The second kappa shape index (κ2) is 6.49. The van der Waals surface area contributed by atoms with E-state index in [1.54, 1.807) is 42.1 Å². The Morgan fingerprint density at radius 2 is 2.00 bits per heavy atom. The molecule has 0 unspecified atom stereocenters. The van der Waals surface area contributed by atoms with Crippen molar-refractivity contribution < 1.29 is 4.79 Å². The van der Waals surface area contributed by atoms with Gasteiger partial charge in [-0.25, -0.2) is 4.98 Å². The van der Waals surface area contributed by atoms with Crippen molar-refractivity contribution in [3.63, 3.8) is 0 Å². The predicted octanol–water partition coefficient (Wildman–Crippen LogP) is 3.88. The number of carbonyl (C=O) groups excluding carboxylic acids is 1. The quantitative estimate of drug-likeness (QED) is 0.525. The van der Waals surface area contributed by atoms with Gasteiger partial charge < -0.3 is 0 Å². The van der Waals surface area contributed by atoms with Crippen LogP contribution in [0.25, 0.3) is 21.3 Å². The summed E-state index contributed by atoms with van der Waals surface area (Å²) in [7, 11) is 0. The number of aromatic nitrogens is 4. The number of pyridine rings is 3. The van der Waals surface area contributed by atoms with E-state index in [0.717, 1.165) is 32.0 Å². The fraction of sp³-hybridized carbons (Fsp3) is 0.105. The molecule has 0 bridgehead atoms. The Morgan fingerprint density at radius 1 is 1.08 bits per heavy atom. The molecule has 25 heavy (non-hydrogen) atoms. The van der Waals surface area contributed by atoms with E-state index < -0.39 is 0 Å². The van der Waals surface area contributed by atoms with Gasteiger partial charge in [-0.2, -0.15) is 0 Å². The minimum Gasteiger partial charge on any atom is -0.294 e. The fourth-order valence-corrected chi connectivity index (χ4v) is 3.36. The lowest BCUT2D eigenvalue weighted by Crippen LogP contribution is -2.05. The SMILES string of the molecule is Cc1ncc(-c2cnc3cnc(CC(=O)c4cccnc4)cc3c2)s1. The van der Waals surface area contributed by atoms with E-state index in [9.17, 15) is 4.79 Å². The minimum atomic E-state index is 0.00199. The second-order valence-corrected chi connectivity index (χ2v) is 6.91. The number of nitrogens with zero attached hydrogens (tertiary/aromatic N) is 4. The number of Topliss-reactive ketones (excluding diaryl/α,β-unsaturated/α-hetero) is 1. The van der Waals surface area contributed by atoms with Crippen molar-refractivity contribution in [2.75, 3.05) is 0 Å². The van der Waals surface area contributed by atoms with Gasteiger partial charge in [0.25, 0.3) is 0 Å². The normalized spacial score (nSPS) is 10.9. The van der Waals surface area contributed by atoms with Gasteiger partial charge in [-0.3, -0.25) is 19.7 Å². The van der Waals surface area contributed by atoms with Crippen molar-refractivity contribution in [2.45, 2.75) is 13.3 Å². The Hall–Kier alpha value is -2.99. The minimum absolute atomic E-state index is 0.00199. The van der Waals surface area contributed by atoms with Crippen LogP contribution in [0.4, 0.5) is 0 Å². The van der Waals surface area contributed by atoms with Crippen LogP contribution in [0.1, 0.15) is 21.1 Å². The van der Waals surface area contributed by atoms with Gasteiger partial charge in [0.05, 0.1) is 28.0 Å². The molecule has 4 rings (SSSR count). The number of ketones is 1. The van der Waals surface area contributed by atoms with Crippen molar-refractivity contribution in [1.29, 1.82) is 0 Å². The number of thiazole rings is 1. The number of hydrogen-bond donors (Lipinski definition) is 0. The molecule has 0 atom stereocenters. The highest BCUT2D eigenvalue weighted by molar-refractivity contribution is 7.15. The molecule has 6 heteroatoms. The third-order valence-corrected chi connectivity index (χ3v) is 4.82. The molecule has 0 aromatic carbocycles. The Kier molecular flexibility index (Phi) is 4.03. The summed E-state index contributed by atoms with van der Waals surface area (Å²) in [5.74, 6) is 0.00199. The molecule has 0 N–H and O–H groups in total. The summed E-state index contributed by atoms with van der Waals surface area (Å²) in [5.41, 5.74) is 3.15. The molecule has 0 amide bonds. The predicted molar refractivity (Wildman–Crippen MR) is 97.7 cm³/mol. The first-order valence-electron chi connectivity index (χ1n) is 7.80. The molecule has 4 heterocycles. The molecule has 4 aromatic rings. The lowest BCUT2D eigenvalue weighted by atomic mass is 10.1. The average Bonchev–Trinajstić information content (AvgIpc) is 3.08. The summed E-state index contributed by atoms with van der Waals surface area (Å²) in [6.07, 6.45) is 8.87. The number of hydrogen-bond acceptors (Lipinski definition) is 6. The van der Waals surface area contributed by atoms with Crippen LogP contribution in [-0.2, 0) is 6.42 Å². The standard InChI is InChI=1S/C19H14N4OS/c1-12-21-11-19(25-12)15-5-14-6-16(22-10-17(14)23-9-15)7-18(24)13-3-2-4-20-8-13/h2-6,8-11H,7H2,1H3. The number of rotatable bonds is 4. The maximum atomic E-state index is 12.3. The molecule has 5 nitrogen and oxygen atoms in total. The van der Waals surface area contributed by atoms with Crippen LogP contribution in [0.3, 0.4) is 0 Å². The maximum Gasteiger partial charge on any atom is 0.170 e. The van der Waals surface area contributed by atoms with Gasteiger partial charge in [0, 0.05) is 47.0 Å². The zero-order valence-corrected chi connectivity index (χ0v) is 14.3. The fourth-order valence-electron chi connectivity index (χ4n) is 2.60. The third kappa shape index (κ3) is 3.29. The molecule has 0 spiro atoms. The zero-order valence-electron chi connectivity index (χ0n) is 13.5. The van der Waals surface area contributed by atoms with E-state index in [2.05, 4.69) is 26.0 Å². The van der Waals surface area contributed by atoms with Gasteiger partial charge in [0.1, 0.15) is 0 Å². The molecule has 122 valence electrons. The third-order valence-electron chi connectivity index (χ3n) is 3.86. The van der Waals surface area contributed by atoms with Crippen LogP contribution in [0.15, 0.2) is 55.2 Å². The first-order valence-corrected chi connectivity index (χ1v) is 8.61. The van der Waals surface area contributed by atoms with E-state index >= 15 is 0 Å². The topological polar surface area (TPSA) is 68.6 Å². The van der Waals surface area contributed by atoms with E-state index in [0.29, 0.717) is 5.56 Å². The second-order valence-electron chi connectivity index (χ2n) is 5.68. The van der Waals surface area contributed by atoms with Crippen LogP contribution in [-0.4, -0.2) is 25.7 Å². The summed E-state index contributed by atoms with van der Waals surface area (Å²) < 4.78 is 0. The van der Waals surface area contributed by atoms with Crippen molar-refractivity contribution >= 4 is 28.0 Å². The highest BCUT2D eigenvalue weighted by Crippen LogP contribution is 2.27. The highest BCUT2D eigenvalue weighted by atomic mass is 32.1. The van der Waals surface area contributed by atoms with E-state index in [1.165, 1.54) is 0 Å². The van der Waals surface area contributed by atoms with Crippen LogP contribution < -0.4 is 0 Å². The van der Waals surface area contributed by atoms with Crippen LogP contribution >= 0.6 is 11.3 Å². The van der Waals surface area contributed by atoms with Crippen molar-refractivity contribution in [1.82, 2.24) is 19.9 Å². The molecule has 0 aliphatic heterocycles. The summed E-state index contributed by atoms with van der Waals surface area (Å²) in [6, 6.07) is 7.51. The van der Waals surface area contributed by atoms with Crippen LogP contribution in [0.5, 0.6) is 0 Å². The van der Waals surface area contributed by atoms with Crippen LogP contribution in [0, 0.1) is 6.92 Å². The lowest BCUT2D eigenvalue weighted by Gasteiger charge is -2.04. The molecular formula is C19H14N4OS. The van der Waals surface area contributed by atoms with E-state index in [-0.39, 0.29) is 12.2 Å². The Balaban J connectivity index is 1.66. The van der Waals surface area contributed by atoms with Gasteiger partial charge >= 0.3 is 0 Å². The van der Waals surface area contributed by atoms with Gasteiger partial charge in [-0.15, -0.1) is 11.3 Å². The molecule has 0 saturated carbocycles. The summed E-state index contributed by atoms with van der Waals surface area (Å²) in [6.45, 7) is 1.98. The number of carbonyl (C=O) groups is 1. The molecule has 0 aliphatic carbocycles. The molecule has 4 aromatic heterocycles. The Morgan fingerprint density at radius 3 is 2.76 bits per heavy atom. The first-order chi connectivity index (χ1) is 12.2. The molecule has 0 aliphatic rings. The Labute approximate surface area is 148 Å². The van der Waals surface area contributed by atoms with Gasteiger partial charge in [-0.05, 0) is 31.2 Å². The van der Waals surface area contributed by atoms with Crippen LogP contribution in [0.2, 0.25) is 0 Å². The first kappa shape index (κ1) is 15.5. The monoisotopic (exact) mass is 346 g/mol. The van der Waals surface area contributed by atoms with E-state index in [4.69, 9.17) is 0 Å². The number of fused-ring (bicyclic) bond motifs is 1. The largest absolute Gasteiger partial charge is 0.294 e. The smallest absolute Gasteiger partial charge is 0.170 e. The number of aryl methyl sites for hydroxylation is 1. The summed E-state index contributed by atoms with van der Waals surface area (Å²) in [4.78, 5) is 30.5. The highest BCUT2D eigenvalue weighted by Gasteiger charge is 2.10. The summed E-state index contributed by atoms with van der Waals surface area (Å²) >= 11 is 1.63. The molecular weight excluding hydrogens is 332 g/mol. The molecule has 0 fully saturated rings. The molecule has 0 radical (unpaired) electrons.